The number of allylic oxidation sites excluding steroid dienone is 1. The van der Waals surface area contributed by atoms with Gasteiger partial charge in [-0.05, 0) is 35.7 Å². The van der Waals surface area contributed by atoms with Crippen LogP contribution in [0.4, 0.5) is 0 Å². The van der Waals surface area contributed by atoms with E-state index in [0.717, 1.165) is 16.7 Å². The van der Waals surface area contributed by atoms with Crippen molar-refractivity contribution >= 4 is 17.9 Å². The quantitative estimate of drug-likeness (QED) is 0.818. The van der Waals surface area contributed by atoms with Crippen molar-refractivity contribution in [3.05, 3.63) is 65.2 Å². The molecule has 6 nitrogen and oxygen atoms in total. The van der Waals surface area contributed by atoms with Crippen LogP contribution in [0.2, 0.25) is 0 Å². The van der Waals surface area contributed by atoms with Crippen LogP contribution >= 0.6 is 0 Å². The van der Waals surface area contributed by atoms with Gasteiger partial charge in [0.2, 0.25) is 5.91 Å². The van der Waals surface area contributed by atoms with Gasteiger partial charge in [0.25, 0.3) is 5.91 Å². The Kier molecular flexibility index (Phi) is 6.54. The maximum atomic E-state index is 13.0. The highest BCUT2D eigenvalue weighted by atomic mass is 16.5. The topological polar surface area (TPSA) is 67.9 Å². The van der Waals surface area contributed by atoms with E-state index in [1.54, 1.807) is 25.1 Å². The van der Waals surface area contributed by atoms with E-state index in [0.29, 0.717) is 24.5 Å². The highest BCUT2D eigenvalue weighted by Crippen LogP contribution is 2.29. The molecule has 1 heterocycles. The zero-order valence-electron chi connectivity index (χ0n) is 17.0. The van der Waals surface area contributed by atoms with Gasteiger partial charge in [-0.2, -0.15) is 0 Å². The van der Waals surface area contributed by atoms with E-state index in [9.17, 15) is 9.59 Å². The molecule has 0 radical (unpaired) electrons. The molecular formula is C23H26N2O4. The van der Waals surface area contributed by atoms with Crippen molar-refractivity contribution in [3.63, 3.8) is 0 Å². The minimum absolute atomic E-state index is 0.172. The molecule has 2 aromatic carbocycles. The number of hydrogen-bond acceptors (Lipinski definition) is 4. The Morgan fingerprint density at radius 2 is 1.93 bits per heavy atom. The molecule has 0 aliphatic carbocycles. The summed E-state index contributed by atoms with van der Waals surface area (Å²) in [4.78, 5) is 26.9. The molecule has 0 bridgehead atoms. The van der Waals surface area contributed by atoms with E-state index in [2.05, 4.69) is 5.32 Å². The first-order valence-electron chi connectivity index (χ1n) is 9.58. The predicted octanol–water partition coefficient (Wildman–Crippen LogP) is 2.81. The number of nitrogens with zero attached hydrogens (tertiary/aromatic N) is 1. The van der Waals surface area contributed by atoms with Crippen LogP contribution in [0.3, 0.4) is 0 Å². The van der Waals surface area contributed by atoms with Gasteiger partial charge in [0.05, 0.1) is 7.11 Å². The summed E-state index contributed by atoms with van der Waals surface area (Å²) in [6, 6.07) is 12.9. The second kappa shape index (κ2) is 9.28. The molecule has 0 aromatic heterocycles. The molecule has 1 unspecified atom stereocenters. The van der Waals surface area contributed by atoms with Crippen LogP contribution in [0, 0.1) is 0 Å². The number of fused-ring (bicyclic) bond motifs is 1. The Bertz CT molecular complexity index is 923. The van der Waals surface area contributed by atoms with Gasteiger partial charge in [-0.25, -0.2) is 0 Å². The van der Waals surface area contributed by atoms with Crippen molar-refractivity contribution in [2.75, 3.05) is 20.8 Å². The summed E-state index contributed by atoms with van der Waals surface area (Å²) in [7, 11) is 3.14. The Morgan fingerprint density at radius 3 is 2.62 bits per heavy atom. The van der Waals surface area contributed by atoms with Crippen LogP contribution in [0.15, 0.2) is 48.5 Å². The lowest BCUT2D eigenvalue weighted by atomic mass is 9.93. The van der Waals surface area contributed by atoms with Gasteiger partial charge in [-0.1, -0.05) is 42.5 Å². The molecule has 2 aromatic rings. The van der Waals surface area contributed by atoms with Crippen LogP contribution in [-0.2, 0) is 22.6 Å². The van der Waals surface area contributed by atoms with E-state index in [-0.39, 0.29) is 18.4 Å². The van der Waals surface area contributed by atoms with Gasteiger partial charge >= 0.3 is 0 Å². The minimum Gasteiger partial charge on any atom is -0.493 e. The number of carbonyl (C=O) groups is 2. The van der Waals surface area contributed by atoms with Gasteiger partial charge in [0.1, 0.15) is 6.04 Å². The van der Waals surface area contributed by atoms with Crippen molar-refractivity contribution in [2.45, 2.75) is 25.9 Å². The first kappa shape index (κ1) is 20.5. The monoisotopic (exact) mass is 394 g/mol. The van der Waals surface area contributed by atoms with E-state index in [1.807, 2.05) is 55.5 Å². The Labute approximate surface area is 171 Å². The highest BCUT2D eigenvalue weighted by molar-refractivity contribution is 5.89. The highest BCUT2D eigenvalue weighted by Gasteiger charge is 2.34. The molecule has 0 saturated carbocycles. The Balaban J connectivity index is 1.76. The minimum atomic E-state index is -0.551. The van der Waals surface area contributed by atoms with Gasteiger partial charge in [0.15, 0.2) is 18.1 Å². The van der Waals surface area contributed by atoms with Crippen molar-refractivity contribution in [2.24, 2.45) is 0 Å². The average Bonchev–Trinajstić information content (AvgIpc) is 2.76. The molecule has 1 N–H and O–H groups in total. The van der Waals surface area contributed by atoms with Gasteiger partial charge in [-0.3, -0.25) is 9.59 Å². The summed E-state index contributed by atoms with van der Waals surface area (Å²) in [5.41, 5.74) is 3.12. The second-order valence-corrected chi connectivity index (χ2v) is 6.82. The molecule has 0 fully saturated rings. The number of amides is 2. The SMILES string of the molecule is C/C=C/c1ccc(OCC(=O)N2Cc3ccccc3CC2C(=O)NC)c(OC)c1. The van der Waals surface area contributed by atoms with Crippen LogP contribution in [-0.4, -0.2) is 43.5 Å². The maximum Gasteiger partial charge on any atom is 0.261 e. The summed E-state index contributed by atoms with van der Waals surface area (Å²) in [6.07, 6.45) is 4.38. The third kappa shape index (κ3) is 4.59. The van der Waals surface area contributed by atoms with Crippen molar-refractivity contribution in [1.82, 2.24) is 10.2 Å². The third-order valence-corrected chi connectivity index (χ3v) is 5.02. The fourth-order valence-electron chi connectivity index (χ4n) is 3.51. The largest absolute Gasteiger partial charge is 0.493 e. The number of carbonyl (C=O) groups excluding carboxylic acids is 2. The zero-order valence-corrected chi connectivity index (χ0v) is 17.0. The lowest BCUT2D eigenvalue weighted by Crippen LogP contribution is -2.53. The summed E-state index contributed by atoms with van der Waals surface area (Å²) in [5.74, 6) is 0.622. The number of likely N-dealkylation sites (N-methyl/N-ethyl adjacent to an activating group) is 1. The number of methoxy groups -OCH3 is 1. The molecule has 2 amide bonds. The smallest absolute Gasteiger partial charge is 0.261 e. The summed E-state index contributed by atoms with van der Waals surface area (Å²) < 4.78 is 11.1. The number of nitrogens with one attached hydrogen (secondary N) is 1. The zero-order chi connectivity index (χ0) is 20.8. The molecule has 1 aliphatic rings. The molecule has 1 atom stereocenters. The molecular weight excluding hydrogens is 368 g/mol. The molecule has 3 rings (SSSR count). The van der Waals surface area contributed by atoms with E-state index in [4.69, 9.17) is 9.47 Å². The van der Waals surface area contributed by atoms with Gasteiger partial charge in [0, 0.05) is 20.0 Å². The lowest BCUT2D eigenvalue weighted by molar-refractivity contribution is -0.143. The predicted molar refractivity (Wildman–Crippen MR) is 112 cm³/mol. The van der Waals surface area contributed by atoms with E-state index < -0.39 is 6.04 Å². The molecule has 0 spiro atoms. The summed E-state index contributed by atoms with van der Waals surface area (Å²) >= 11 is 0. The number of hydrogen-bond donors (Lipinski definition) is 1. The normalized spacial score (nSPS) is 15.7. The molecule has 152 valence electrons. The first-order chi connectivity index (χ1) is 14.1. The summed E-state index contributed by atoms with van der Waals surface area (Å²) in [6.45, 7) is 2.15. The van der Waals surface area contributed by atoms with Gasteiger partial charge < -0.3 is 19.7 Å². The molecule has 6 heteroatoms. The number of rotatable bonds is 6. The Hall–Kier alpha value is -3.28. The maximum absolute atomic E-state index is 13.0. The van der Waals surface area contributed by atoms with Crippen LogP contribution in [0.1, 0.15) is 23.6 Å². The molecule has 1 aliphatic heterocycles. The van der Waals surface area contributed by atoms with Crippen molar-refractivity contribution < 1.29 is 19.1 Å². The first-order valence-corrected chi connectivity index (χ1v) is 9.58. The van der Waals surface area contributed by atoms with Crippen LogP contribution in [0.25, 0.3) is 6.08 Å². The fourth-order valence-corrected chi connectivity index (χ4v) is 3.51. The van der Waals surface area contributed by atoms with E-state index in [1.165, 1.54) is 0 Å². The van der Waals surface area contributed by atoms with Crippen LogP contribution in [0.5, 0.6) is 11.5 Å². The standard InChI is InChI=1S/C23H26N2O4/c1-4-7-16-10-11-20(21(12-16)28-3)29-15-22(26)25-14-18-9-6-5-8-17(18)13-19(25)23(27)24-2/h4-12,19H,13-15H2,1-3H3,(H,24,27)/b7-4+. The molecule has 0 saturated heterocycles. The average molecular weight is 394 g/mol. The van der Waals surface area contributed by atoms with E-state index >= 15 is 0 Å². The second-order valence-electron chi connectivity index (χ2n) is 6.82. The third-order valence-electron chi connectivity index (χ3n) is 5.02. The molecule has 29 heavy (non-hydrogen) atoms. The summed E-state index contributed by atoms with van der Waals surface area (Å²) in [5, 5.41) is 2.66. The van der Waals surface area contributed by atoms with Crippen molar-refractivity contribution in [3.8, 4) is 11.5 Å². The number of ether oxygens (including phenoxy) is 2. The van der Waals surface area contributed by atoms with Crippen LogP contribution < -0.4 is 14.8 Å². The number of benzene rings is 2. The van der Waals surface area contributed by atoms with Crippen molar-refractivity contribution in [1.29, 1.82) is 0 Å². The van der Waals surface area contributed by atoms with Gasteiger partial charge in [-0.15, -0.1) is 0 Å². The Morgan fingerprint density at radius 1 is 1.17 bits per heavy atom. The fraction of sp³-hybridized carbons (Fsp3) is 0.304. The lowest BCUT2D eigenvalue weighted by Gasteiger charge is -2.35.